The maximum Gasteiger partial charge on any atom is 0.295 e. The zero-order chi connectivity index (χ0) is 29.2. The van der Waals surface area contributed by atoms with Crippen molar-refractivity contribution in [3.63, 3.8) is 0 Å². The molecule has 40 heavy (non-hydrogen) atoms. The lowest BCUT2D eigenvalue weighted by atomic mass is 9.93. The van der Waals surface area contributed by atoms with E-state index in [2.05, 4.69) is 32.3 Å². The molecule has 1 atom stereocenters. The number of carbonyl (C=O) groups is 2. The molecule has 1 amide bonds. The Morgan fingerprint density at radius 2 is 1.82 bits per heavy atom. The van der Waals surface area contributed by atoms with Crippen LogP contribution in [0.1, 0.15) is 56.3 Å². The standard InChI is InChI=1S/C32H42N2O6/c1-7-11-19-40-26-15-12-23(21-27(26)38-6)29-28(31(36)32(37)34(29)17-16-33(9-3)10-4)30(35)25-14-13-24(20-22(25)5)39-18-8-2/h8,12-15,20-21,29,35H,2,7,9-11,16-19H2,1,3-6H3. The lowest BCUT2D eigenvalue weighted by Crippen LogP contribution is -2.38. The molecule has 0 aromatic heterocycles. The van der Waals surface area contributed by atoms with Gasteiger partial charge in [-0.2, -0.15) is 0 Å². The van der Waals surface area contributed by atoms with Gasteiger partial charge in [0.05, 0.1) is 25.3 Å². The molecular formula is C32H42N2O6. The molecule has 0 spiro atoms. The number of Topliss-reactive ketones (excluding diaryl/α,β-unsaturated/α-hetero) is 1. The largest absolute Gasteiger partial charge is 0.507 e. The number of hydrogen-bond donors (Lipinski definition) is 1. The lowest BCUT2D eigenvalue weighted by Gasteiger charge is -2.28. The number of amides is 1. The third-order valence-corrected chi connectivity index (χ3v) is 7.17. The second-order valence-electron chi connectivity index (χ2n) is 9.71. The van der Waals surface area contributed by atoms with Crippen molar-refractivity contribution in [2.45, 2.75) is 46.6 Å². The SMILES string of the molecule is C=CCOc1ccc(C(O)=C2C(=O)C(=O)N(CCN(CC)CC)C2c2ccc(OCCCC)c(OC)c2)c(C)c1. The predicted molar refractivity (Wildman–Crippen MR) is 157 cm³/mol. The summed E-state index contributed by atoms with van der Waals surface area (Å²) >= 11 is 0. The third kappa shape index (κ3) is 6.86. The van der Waals surface area contributed by atoms with Gasteiger partial charge in [0, 0.05) is 18.7 Å². The van der Waals surface area contributed by atoms with Crippen molar-refractivity contribution in [2.24, 2.45) is 0 Å². The number of aryl methyl sites for hydroxylation is 1. The normalized spacial score (nSPS) is 16.4. The number of hydrogen-bond acceptors (Lipinski definition) is 7. The number of benzene rings is 2. The highest BCUT2D eigenvalue weighted by Crippen LogP contribution is 2.42. The van der Waals surface area contributed by atoms with Gasteiger partial charge in [-0.05, 0) is 67.9 Å². The Kier molecular flexibility index (Phi) is 11.2. The summed E-state index contributed by atoms with van der Waals surface area (Å²) in [6, 6.07) is 9.84. The van der Waals surface area contributed by atoms with Gasteiger partial charge in [0.2, 0.25) is 0 Å². The van der Waals surface area contributed by atoms with Crippen molar-refractivity contribution in [2.75, 3.05) is 46.5 Å². The van der Waals surface area contributed by atoms with Crippen molar-refractivity contribution in [1.82, 2.24) is 9.80 Å². The van der Waals surface area contributed by atoms with Crippen LogP contribution in [0.3, 0.4) is 0 Å². The van der Waals surface area contributed by atoms with Crippen molar-refractivity contribution < 1.29 is 28.9 Å². The molecule has 0 saturated carbocycles. The molecule has 216 valence electrons. The monoisotopic (exact) mass is 550 g/mol. The van der Waals surface area contributed by atoms with Gasteiger partial charge in [0.1, 0.15) is 18.1 Å². The van der Waals surface area contributed by atoms with E-state index in [0.717, 1.165) is 25.9 Å². The first-order valence-electron chi connectivity index (χ1n) is 14.0. The van der Waals surface area contributed by atoms with E-state index in [0.29, 0.717) is 60.2 Å². The van der Waals surface area contributed by atoms with Crippen molar-refractivity contribution in [3.8, 4) is 17.2 Å². The first-order chi connectivity index (χ1) is 19.3. The highest BCUT2D eigenvalue weighted by molar-refractivity contribution is 6.46. The summed E-state index contributed by atoms with van der Waals surface area (Å²) in [7, 11) is 1.56. The van der Waals surface area contributed by atoms with Crippen molar-refractivity contribution >= 4 is 17.4 Å². The van der Waals surface area contributed by atoms with Crippen LogP contribution in [-0.2, 0) is 9.59 Å². The second-order valence-corrected chi connectivity index (χ2v) is 9.71. The zero-order valence-electron chi connectivity index (χ0n) is 24.4. The van der Waals surface area contributed by atoms with Gasteiger partial charge in [-0.1, -0.05) is 45.9 Å². The van der Waals surface area contributed by atoms with Crippen LogP contribution in [0, 0.1) is 6.92 Å². The van der Waals surface area contributed by atoms with Crippen LogP contribution in [0.15, 0.2) is 54.6 Å². The summed E-state index contributed by atoms with van der Waals surface area (Å²) < 4.78 is 17.1. The van der Waals surface area contributed by atoms with Gasteiger partial charge in [0.15, 0.2) is 11.5 Å². The van der Waals surface area contributed by atoms with Crippen LogP contribution >= 0.6 is 0 Å². The summed E-state index contributed by atoms with van der Waals surface area (Å²) in [6.07, 6.45) is 3.56. The quantitative estimate of drug-likeness (QED) is 0.103. The molecule has 1 fully saturated rings. The van der Waals surface area contributed by atoms with E-state index >= 15 is 0 Å². The molecule has 0 bridgehead atoms. The average molecular weight is 551 g/mol. The van der Waals surface area contributed by atoms with Gasteiger partial charge in [-0.25, -0.2) is 0 Å². The number of ketones is 1. The number of carbonyl (C=O) groups excluding carboxylic acids is 2. The Labute approximate surface area is 237 Å². The Hall–Kier alpha value is -3.78. The number of likely N-dealkylation sites (N-methyl/N-ethyl adjacent to an activating group) is 1. The van der Waals surface area contributed by atoms with Crippen molar-refractivity contribution in [3.05, 3.63) is 71.3 Å². The van der Waals surface area contributed by atoms with Crippen molar-refractivity contribution in [1.29, 1.82) is 0 Å². The number of aliphatic hydroxyl groups excluding tert-OH is 1. The van der Waals surface area contributed by atoms with E-state index in [-0.39, 0.29) is 11.3 Å². The molecule has 1 saturated heterocycles. The fraction of sp³-hybridized carbons (Fsp3) is 0.438. The van der Waals surface area contributed by atoms with Gasteiger partial charge in [-0.15, -0.1) is 0 Å². The van der Waals surface area contributed by atoms with Crippen LogP contribution in [0.2, 0.25) is 0 Å². The minimum absolute atomic E-state index is 0.0501. The van der Waals surface area contributed by atoms with Crippen LogP contribution < -0.4 is 14.2 Å². The average Bonchev–Trinajstić information content (AvgIpc) is 3.21. The first kappa shape index (κ1) is 30.8. The van der Waals surface area contributed by atoms with Crippen LogP contribution in [0.25, 0.3) is 5.76 Å². The molecule has 0 aliphatic carbocycles. The number of rotatable bonds is 15. The molecular weight excluding hydrogens is 508 g/mol. The fourth-order valence-electron chi connectivity index (χ4n) is 4.84. The zero-order valence-corrected chi connectivity index (χ0v) is 24.4. The van der Waals surface area contributed by atoms with E-state index in [1.165, 1.54) is 0 Å². The molecule has 1 unspecified atom stereocenters. The second kappa shape index (κ2) is 14.6. The highest BCUT2D eigenvalue weighted by Gasteiger charge is 2.46. The van der Waals surface area contributed by atoms with Gasteiger partial charge in [0.25, 0.3) is 11.7 Å². The van der Waals surface area contributed by atoms with E-state index in [1.54, 1.807) is 48.4 Å². The Morgan fingerprint density at radius 1 is 1.07 bits per heavy atom. The summed E-state index contributed by atoms with van der Waals surface area (Å²) in [4.78, 5) is 30.6. The number of likely N-dealkylation sites (tertiary alicyclic amines) is 1. The molecule has 8 heteroatoms. The Morgan fingerprint density at radius 3 is 2.45 bits per heavy atom. The number of nitrogens with zero attached hydrogens (tertiary/aromatic N) is 2. The lowest BCUT2D eigenvalue weighted by molar-refractivity contribution is -0.140. The number of aliphatic hydroxyl groups is 1. The minimum Gasteiger partial charge on any atom is -0.507 e. The fourth-order valence-corrected chi connectivity index (χ4v) is 4.84. The minimum atomic E-state index is -0.787. The molecule has 1 heterocycles. The number of ether oxygens (including phenoxy) is 3. The van der Waals surface area contributed by atoms with E-state index in [9.17, 15) is 14.7 Å². The maximum atomic E-state index is 13.5. The summed E-state index contributed by atoms with van der Waals surface area (Å²) in [5.41, 5.74) is 1.88. The van der Waals surface area contributed by atoms with Crippen LogP contribution in [-0.4, -0.2) is 73.1 Å². The summed E-state index contributed by atoms with van der Waals surface area (Å²) in [6.45, 7) is 15.2. The molecule has 2 aromatic carbocycles. The van der Waals surface area contributed by atoms with Gasteiger partial charge >= 0.3 is 0 Å². The van der Waals surface area contributed by atoms with Crippen LogP contribution in [0.4, 0.5) is 0 Å². The first-order valence-corrected chi connectivity index (χ1v) is 14.0. The molecule has 8 nitrogen and oxygen atoms in total. The summed E-state index contributed by atoms with van der Waals surface area (Å²) in [5, 5.41) is 11.6. The van der Waals surface area contributed by atoms with E-state index in [4.69, 9.17) is 14.2 Å². The topological polar surface area (TPSA) is 88.5 Å². The molecule has 3 rings (SSSR count). The Bertz CT molecular complexity index is 1230. The molecule has 2 aromatic rings. The number of unbranched alkanes of at least 4 members (excludes halogenated alkanes) is 1. The summed E-state index contributed by atoms with van der Waals surface area (Å²) in [5.74, 6) is 0.145. The van der Waals surface area contributed by atoms with Gasteiger partial charge < -0.3 is 29.1 Å². The molecule has 1 N–H and O–H groups in total. The predicted octanol–water partition coefficient (Wildman–Crippen LogP) is 5.51. The maximum absolute atomic E-state index is 13.5. The van der Waals surface area contributed by atoms with E-state index in [1.807, 2.05) is 13.0 Å². The molecule has 1 aliphatic rings. The van der Waals surface area contributed by atoms with Crippen LogP contribution in [0.5, 0.6) is 17.2 Å². The molecule has 0 radical (unpaired) electrons. The number of methoxy groups -OCH3 is 1. The third-order valence-electron chi connectivity index (χ3n) is 7.17. The highest BCUT2D eigenvalue weighted by atomic mass is 16.5. The van der Waals surface area contributed by atoms with Gasteiger partial charge in [-0.3, -0.25) is 9.59 Å². The smallest absolute Gasteiger partial charge is 0.295 e. The Balaban J connectivity index is 2.12. The van der Waals surface area contributed by atoms with E-state index < -0.39 is 17.7 Å². The molecule has 1 aliphatic heterocycles.